The smallest absolute Gasteiger partial charge is 0.277 e. The van der Waals surface area contributed by atoms with Gasteiger partial charge in [-0.2, -0.15) is 5.10 Å². The number of aryl methyl sites for hydroxylation is 1. The van der Waals surface area contributed by atoms with Crippen LogP contribution in [0.3, 0.4) is 0 Å². The number of carbonyl (C=O) groups excluding carboxylic acids is 1. The zero-order chi connectivity index (χ0) is 18.8. The van der Waals surface area contributed by atoms with E-state index in [0.717, 1.165) is 19.3 Å². The van der Waals surface area contributed by atoms with Crippen molar-refractivity contribution in [1.29, 1.82) is 0 Å². The molecule has 1 N–H and O–H groups in total. The molecule has 0 aromatic heterocycles. The molecule has 0 radical (unpaired) electrons. The topological polar surface area (TPSA) is 93.8 Å². The third-order valence-corrected chi connectivity index (χ3v) is 3.60. The average Bonchev–Trinajstić information content (AvgIpc) is 2.65. The van der Waals surface area contributed by atoms with Gasteiger partial charge in [-0.25, -0.2) is 5.43 Å². The first-order chi connectivity index (χ1) is 12.6. The van der Waals surface area contributed by atoms with Crippen LogP contribution in [0.1, 0.15) is 30.9 Å². The van der Waals surface area contributed by atoms with Crippen LogP contribution in [0.15, 0.2) is 53.6 Å². The Balaban J connectivity index is 1.78. The molecule has 0 saturated carbocycles. The highest BCUT2D eigenvalue weighted by Gasteiger charge is 2.05. The van der Waals surface area contributed by atoms with Crippen LogP contribution >= 0.6 is 0 Å². The molecule has 26 heavy (non-hydrogen) atoms. The van der Waals surface area contributed by atoms with Crippen molar-refractivity contribution in [3.05, 3.63) is 69.8 Å². The zero-order valence-electron chi connectivity index (χ0n) is 14.6. The van der Waals surface area contributed by atoms with Gasteiger partial charge >= 0.3 is 0 Å². The normalized spacial score (nSPS) is 10.7. The molecule has 2 aromatic rings. The average molecular weight is 355 g/mol. The van der Waals surface area contributed by atoms with E-state index in [4.69, 9.17) is 4.74 Å². The Hall–Kier alpha value is -3.22. The number of rotatable bonds is 9. The number of amides is 1. The summed E-state index contributed by atoms with van der Waals surface area (Å²) < 4.78 is 5.41. The van der Waals surface area contributed by atoms with Crippen LogP contribution in [-0.4, -0.2) is 23.7 Å². The summed E-state index contributed by atoms with van der Waals surface area (Å²) in [5.41, 5.74) is 4.05. The Bertz CT molecular complexity index is 773. The molecule has 0 atom stereocenters. The minimum absolute atomic E-state index is 0.0361. The van der Waals surface area contributed by atoms with Gasteiger partial charge in [0.1, 0.15) is 5.75 Å². The lowest BCUT2D eigenvalue weighted by Gasteiger charge is -2.06. The molecule has 136 valence electrons. The SMILES string of the molecule is CCCCc1ccc(OCC(=O)NN=Cc2cccc([N+](=O)[O-])c2)cc1. The minimum atomic E-state index is -0.489. The van der Waals surface area contributed by atoms with Crippen molar-refractivity contribution in [1.82, 2.24) is 5.43 Å². The lowest BCUT2D eigenvalue weighted by Crippen LogP contribution is -2.24. The Kier molecular flexibility index (Phi) is 7.30. The number of ether oxygens (including phenoxy) is 1. The van der Waals surface area contributed by atoms with E-state index in [9.17, 15) is 14.9 Å². The van der Waals surface area contributed by atoms with Gasteiger partial charge in [0.2, 0.25) is 0 Å². The van der Waals surface area contributed by atoms with Gasteiger partial charge in [0, 0.05) is 17.7 Å². The fourth-order valence-corrected chi connectivity index (χ4v) is 2.21. The second-order valence-corrected chi connectivity index (χ2v) is 5.68. The van der Waals surface area contributed by atoms with Crippen LogP contribution in [0.4, 0.5) is 5.69 Å². The van der Waals surface area contributed by atoms with Crippen molar-refractivity contribution in [2.24, 2.45) is 5.10 Å². The minimum Gasteiger partial charge on any atom is -0.484 e. The van der Waals surface area contributed by atoms with E-state index in [-0.39, 0.29) is 12.3 Å². The third-order valence-electron chi connectivity index (χ3n) is 3.60. The van der Waals surface area contributed by atoms with E-state index in [1.807, 2.05) is 24.3 Å². The molecule has 0 spiro atoms. The van der Waals surface area contributed by atoms with Gasteiger partial charge in [-0.3, -0.25) is 14.9 Å². The lowest BCUT2D eigenvalue weighted by atomic mass is 10.1. The second-order valence-electron chi connectivity index (χ2n) is 5.68. The largest absolute Gasteiger partial charge is 0.484 e. The number of non-ortho nitro benzene ring substituents is 1. The van der Waals surface area contributed by atoms with Crippen molar-refractivity contribution >= 4 is 17.8 Å². The molecule has 0 heterocycles. The molecule has 1 amide bonds. The van der Waals surface area contributed by atoms with Crippen molar-refractivity contribution in [3.8, 4) is 5.75 Å². The molecule has 0 aliphatic heterocycles. The molecule has 0 fully saturated rings. The molecule has 0 aliphatic carbocycles. The number of benzene rings is 2. The number of hydrogen-bond acceptors (Lipinski definition) is 5. The van der Waals surface area contributed by atoms with Gasteiger partial charge in [-0.15, -0.1) is 0 Å². The van der Waals surface area contributed by atoms with Gasteiger partial charge in [-0.05, 0) is 30.5 Å². The maximum Gasteiger partial charge on any atom is 0.277 e. The predicted molar refractivity (Wildman–Crippen MR) is 99.4 cm³/mol. The first-order valence-corrected chi connectivity index (χ1v) is 8.36. The number of hydrazone groups is 1. The van der Waals surface area contributed by atoms with Crippen LogP contribution in [0.25, 0.3) is 0 Å². The summed E-state index contributed by atoms with van der Waals surface area (Å²) in [6.07, 6.45) is 4.66. The predicted octanol–water partition coefficient (Wildman–Crippen LogP) is 3.47. The molecule has 2 rings (SSSR count). The molecule has 0 unspecified atom stereocenters. The lowest BCUT2D eigenvalue weighted by molar-refractivity contribution is -0.384. The van der Waals surface area contributed by atoms with Crippen LogP contribution in [-0.2, 0) is 11.2 Å². The third kappa shape index (κ3) is 6.35. The van der Waals surface area contributed by atoms with Crippen molar-refractivity contribution < 1.29 is 14.5 Å². The van der Waals surface area contributed by atoms with Crippen LogP contribution in [0.2, 0.25) is 0 Å². The first kappa shape index (κ1) is 19.1. The van der Waals surface area contributed by atoms with E-state index in [0.29, 0.717) is 11.3 Å². The fraction of sp³-hybridized carbons (Fsp3) is 0.263. The second kappa shape index (κ2) is 9.93. The Morgan fingerprint density at radius 3 is 2.73 bits per heavy atom. The number of nitro benzene ring substituents is 1. The molecule has 2 aromatic carbocycles. The fourth-order valence-electron chi connectivity index (χ4n) is 2.21. The number of nitrogens with zero attached hydrogens (tertiary/aromatic N) is 2. The summed E-state index contributed by atoms with van der Waals surface area (Å²) in [4.78, 5) is 21.9. The van der Waals surface area contributed by atoms with Gasteiger partial charge in [0.15, 0.2) is 6.61 Å². The number of nitrogens with one attached hydrogen (secondary N) is 1. The molecular formula is C19H21N3O4. The molecule has 7 heteroatoms. The van der Waals surface area contributed by atoms with Crippen LogP contribution in [0, 0.1) is 10.1 Å². The van der Waals surface area contributed by atoms with Crippen LogP contribution in [0.5, 0.6) is 5.75 Å². The Morgan fingerprint density at radius 2 is 2.04 bits per heavy atom. The van der Waals surface area contributed by atoms with Gasteiger partial charge in [0.05, 0.1) is 11.1 Å². The van der Waals surface area contributed by atoms with Crippen molar-refractivity contribution in [2.75, 3.05) is 6.61 Å². The molecule has 0 bridgehead atoms. The van der Waals surface area contributed by atoms with E-state index < -0.39 is 10.8 Å². The number of hydrogen-bond donors (Lipinski definition) is 1. The maximum atomic E-state index is 11.7. The van der Waals surface area contributed by atoms with E-state index in [1.54, 1.807) is 12.1 Å². The summed E-state index contributed by atoms with van der Waals surface area (Å²) in [5.74, 6) is 0.199. The Labute approximate surface area is 151 Å². The van der Waals surface area contributed by atoms with E-state index in [1.165, 1.54) is 23.9 Å². The van der Waals surface area contributed by atoms with Gasteiger partial charge in [-0.1, -0.05) is 37.6 Å². The summed E-state index contributed by atoms with van der Waals surface area (Å²) in [7, 11) is 0. The standard InChI is InChI=1S/C19H21N3O4/c1-2-3-5-15-8-10-18(11-9-15)26-14-19(23)21-20-13-16-6-4-7-17(12-16)22(24)25/h4,6-13H,2-3,5,14H2,1H3,(H,21,23). The molecular weight excluding hydrogens is 334 g/mol. The Morgan fingerprint density at radius 1 is 1.27 bits per heavy atom. The monoisotopic (exact) mass is 355 g/mol. The maximum absolute atomic E-state index is 11.7. The highest BCUT2D eigenvalue weighted by atomic mass is 16.6. The highest BCUT2D eigenvalue weighted by Crippen LogP contribution is 2.14. The highest BCUT2D eigenvalue weighted by molar-refractivity contribution is 5.83. The number of unbranched alkanes of at least 4 members (excludes halogenated alkanes) is 1. The van der Waals surface area contributed by atoms with E-state index in [2.05, 4.69) is 17.5 Å². The summed E-state index contributed by atoms with van der Waals surface area (Å²) in [6, 6.07) is 13.6. The van der Waals surface area contributed by atoms with Crippen molar-refractivity contribution in [2.45, 2.75) is 26.2 Å². The molecule has 0 saturated heterocycles. The number of nitro groups is 1. The van der Waals surface area contributed by atoms with E-state index >= 15 is 0 Å². The van der Waals surface area contributed by atoms with Crippen LogP contribution < -0.4 is 10.2 Å². The van der Waals surface area contributed by atoms with Gasteiger partial charge in [0.25, 0.3) is 11.6 Å². The number of carbonyl (C=O) groups is 1. The van der Waals surface area contributed by atoms with Crippen molar-refractivity contribution in [3.63, 3.8) is 0 Å². The molecule has 0 aliphatic rings. The zero-order valence-corrected chi connectivity index (χ0v) is 14.6. The summed E-state index contributed by atoms with van der Waals surface area (Å²) >= 11 is 0. The van der Waals surface area contributed by atoms with Gasteiger partial charge < -0.3 is 4.74 Å². The summed E-state index contributed by atoms with van der Waals surface area (Å²) in [5, 5.41) is 14.5. The first-order valence-electron chi connectivity index (χ1n) is 8.36. The molecule has 7 nitrogen and oxygen atoms in total. The quantitative estimate of drug-likeness (QED) is 0.423. The summed E-state index contributed by atoms with van der Waals surface area (Å²) in [6.45, 7) is 1.98.